The first-order valence-electron chi connectivity index (χ1n) is 7.67. The SMILES string of the molecule is CC(C)(CC1=N[C@](C)(c2cc([N+](=O)[O-])ccc2F)CCO1)OC(N)=O. The Morgan fingerprint density at radius 2 is 2.24 bits per heavy atom. The number of hydrogen-bond acceptors (Lipinski definition) is 6. The lowest BCUT2D eigenvalue weighted by Gasteiger charge is -2.33. The summed E-state index contributed by atoms with van der Waals surface area (Å²) in [7, 11) is 0. The highest BCUT2D eigenvalue weighted by Gasteiger charge is 2.36. The van der Waals surface area contributed by atoms with Crippen LogP contribution in [0.3, 0.4) is 0 Å². The maximum Gasteiger partial charge on any atom is 0.405 e. The minimum atomic E-state index is -1.02. The number of primary amides is 1. The third-order valence-electron chi connectivity index (χ3n) is 3.92. The van der Waals surface area contributed by atoms with Gasteiger partial charge in [0.25, 0.3) is 5.69 Å². The summed E-state index contributed by atoms with van der Waals surface area (Å²) in [6.45, 7) is 5.22. The number of nitro benzene ring substituents is 1. The van der Waals surface area contributed by atoms with E-state index in [1.165, 1.54) is 6.07 Å². The lowest BCUT2D eigenvalue weighted by molar-refractivity contribution is -0.385. The normalized spacial score (nSPS) is 20.4. The molecule has 0 radical (unpaired) electrons. The van der Waals surface area contributed by atoms with Gasteiger partial charge in [-0.2, -0.15) is 0 Å². The van der Waals surface area contributed by atoms with E-state index in [2.05, 4.69) is 4.99 Å². The van der Waals surface area contributed by atoms with Crippen LogP contribution in [0.4, 0.5) is 14.9 Å². The summed E-state index contributed by atoms with van der Waals surface area (Å²) in [4.78, 5) is 25.8. The maximum atomic E-state index is 14.3. The number of nitrogens with zero attached hydrogens (tertiary/aromatic N) is 2. The van der Waals surface area contributed by atoms with Gasteiger partial charge in [0.1, 0.15) is 11.4 Å². The standard InChI is InChI=1S/C16H20FN3O5/c1-15(2,25-14(18)21)9-13-19-16(3,6-7-24-13)11-8-10(20(22)23)4-5-12(11)17/h4-5,8H,6-7,9H2,1-3H3,(H2,18,21)/t16-/m0/s1. The molecule has 2 N–H and O–H groups in total. The second-order valence-corrected chi connectivity index (χ2v) is 6.66. The fourth-order valence-corrected chi connectivity index (χ4v) is 2.73. The van der Waals surface area contributed by atoms with E-state index >= 15 is 0 Å². The van der Waals surface area contributed by atoms with Crippen LogP contribution in [-0.4, -0.2) is 29.1 Å². The van der Waals surface area contributed by atoms with Crippen LogP contribution in [-0.2, 0) is 15.0 Å². The van der Waals surface area contributed by atoms with Crippen LogP contribution in [0.15, 0.2) is 23.2 Å². The van der Waals surface area contributed by atoms with Gasteiger partial charge >= 0.3 is 6.09 Å². The quantitative estimate of drug-likeness (QED) is 0.645. The molecule has 0 spiro atoms. The topological polar surface area (TPSA) is 117 Å². The van der Waals surface area contributed by atoms with E-state index in [0.717, 1.165) is 12.1 Å². The molecule has 0 fully saturated rings. The van der Waals surface area contributed by atoms with E-state index in [9.17, 15) is 19.3 Å². The number of non-ortho nitro benzene ring substituents is 1. The number of ether oxygens (including phenoxy) is 2. The second-order valence-electron chi connectivity index (χ2n) is 6.66. The number of rotatable bonds is 5. The number of amides is 1. The molecule has 1 aliphatic heterocycles. The van der Waals surface area contributed by atoms with Crippen molar-refractivity contribution in [2.45, 2.75) is 44.8 Å². The first-order valence-corrected chi connectivity index (χ1v) is 7.67. The molecule has 0 saturated heterocycles. The van der Waals surface area contributed by atoms with Crippen molar-refractivity contribution in [2.75, 3.05) is 6.61 Å². The summed E-state index contributed by atoms with van der Waals surface area (Å²) in [5, 5.41) is 11.0. The fourth-order valence-electron chi connectivity index (χ4n) is 2.73. The third-order valence-corrected chi connectivity index (χ3v) is 3.92. The van der Waals surface area contributed by atoms with E-state index in [-0.39, 0.29) is 30.2 Å². The molecule has 1 aliphatic rings. The van der Waals surface area contributed by atoms with Crippen LogP contribution in [0, 0.1) is 15.9 Å². The predicted octanol–water partition coefficient (Wildman–Crippen LogP) is 3.03. The number of benzene rings is 1. The van der Waals surface area contributed by atoms with E-state index in [1.807, 2.05) is 0 Å². The van der Waals surface area contributed by atoms with Gasteiger partial charge in [-0.15, -0.1) is 0 Å². The number of halogens is 1. The summed E-state index contributed by atoms with van der Waals surface area (Å²) in [6.07, 6.45) is -0.428. The number of carbonyl (C=O) groups excluding carboxylic acids is 1. The first kappa shape index (κ1) is 18.6. The van der Waals surface area contributed by atoms with Crippen molar-refractivity contribution in [1.82, 2.24) is 0 Å². The average Bonchev–Trinajstić information content (AvgIpc) is 2.45. The zero-order chi connectivity index (χ0) is 18.8. The average molecular weight is 353 g/mol. The molecule has 0 aromatic heterocycles. The molecule has 0 bridgehead atoms. The lowest BCUT2D eigenvalue weighted by atomic mass is 9.87. The Morgan fingerprint density at radius 3 is 2.84 bits per heavy atom. The van der Waals surface area contributed by atoms with Crippen LogP contribution in [0.25, 0.3) is 0 Å². The van der Waals surface area contributed by atoms with E-state index < -0.39 is 28.0 Å². The van der Waals surface area contributed by atoms with Crippen molar-refractivity contribution in [3.05, 3.63) is 39.7 Å². The number of nitrogens with two attached hydrogens (primary N) is 1. The van der Waals surface area contributed by atoms with Gasteiger partial charge in [-0.25, -0.2) is 14.2 Å². The summed E-state index contributed by atoms with van der Waals surface area (Å²) in [5.41, 5.74) is 2.97. The van der Waals surface area contributed by atoms with Gasteiger partial charge in [-0.05, 0) is 26.8 Å². The minimum Gasteiger partial charge on any atom is -0.481 e. The first-order chi connectivity index (χ1) is 11.5. The largest absolute Gasteiger partial charge is 0.481 e. The lowest BCUT2D eigenvalue weighted by Crippen LogP contribution is -2.37. The number of aliphatic imine (C=N–C) groups is 1. The molecule has 8 nitrogen and oxygen atoms in total. The molecule has 136 valence electrons. The summed E-state index contributed by atoms with van der Waals surface area (Å²) < 4.78 is 24.8. The van der Waals surface area contributed by atoms with Crippen LogP contribution < -0.4 is 5.73 Å². The molecule has 1 aromatic rings. The van der Waals surface area contributed by atoms with Crippen LogP contribution in [0.5, 0.6) is 0 Å². The Bertz CT molecular complexity index is 734. The van der Waals surface area contributed by atoms with Gasteiger partial charge in [0.05, 0.1) is 23.5 Å². The van der Waals surface area contributed by atoms with Crippen molar-refractivity contribution in [1.29, 1.82) is 0 Å². The molecule has 9 heteroatoms. The van der Waals surface area contributed by atoms with E-state index in [1.54, 1.807) is 20.8 Å². The van der Waals surface area contributed by atoms with Crippen molar-refractivity contribution in [3.8, 4) is 0 Å². The van der Waals surface area contributed by atoms with Crippen molar-refractivity contribution >= 4 is 17.7 Å². The number of carbonyl (C=O) groups is 1. The van der Waals surface area contributed by atoms with Gasteiger partial charge in [0.2, 0.25) is 0 Å². The van der Waals surface area contributed by atoms with Crippen LogP contribution in [0.1, 0.15) is 39.2 Å². The molecule has 1 atom stereocenters. The molecule has 1 aromatic carbocycles. The Morgan fingerprint density at radius 1 is 1.56 bits per heavy atom. The summed E-state index contributed by atoms with van der Waals surface area (Å²) >= 11 is 0. The summed E-state index contributed by atoms with van der Waals surface area (Å²) in [5.74, 6) is -0.309. The molecule has 0 saturated carbocycles. The molecule has 1 amide bonds. The second kappa shape index (κ2) is 6.66. The molecule has 2 rings (SSSR count). The van der Waals surface area contributed by atoms with Gasteiger partial charge in [0.15, 0.2) is 5.90 Å². The van der Waals surface area contributed by atoms with E-state index in [0.29, 0.717) is 6.42 Å². The van der Waals surface area contributed by atoms with Crippen molar-refractivity contribution in [2.24, 2.45) is 10.7 Å². The van der Waals surface area contributed by atoms with Crippen molar-refractivity contribution < 1.29 is 23.6 Å². The smallest absolute Gasteiger partial charge is 0.405 e. The Labute approximate surface area is 144 Å². The third kappa shape index (κ3) is 4.43. The fraction of sp³-hybridized carbons (Fsp3) is 0.500. The monoisotopic (exact) mass is 353 g/mol. The zero-order valence-corrected chi connectivity index (χ0v) is 14.2. The van der Waals surface area contributed by atoms with Gasteiger partial charge in [-0.1, -0.05) is 0 Å². The highest BCUT2D eigenvalue weighted by Crippen LogP contribution is 2.36. The Balaban J connectivity index is 2.36. The number of hydrogen-bond donors (Lipinski definition) is 1. The predicted molar refractivity (Wildman–Crippen MR) is 87.8 cm³/mol. The molecule has 1 heterocycles. The molecule has 0 aliphatic carbocycles. The molecule has 25 heavy (non-hydrogen) atoms. The zero-order valence-electron chi connectivity index (χ0n) is 14.2. The highest BCUT2D eigenvalue weighted by molar-refractivity contribution is 5.79. The Hall–Kier alpha value is -2.71. The van der Waals surface area contributed by atoms with Crippen molar-refractivity contribution in [3.63, 3.8) is 0 Å². The van der Waals surface area contributed by atoms with Gasteiger partial charge in [0, 0.05) is 24.1 Å². The number of nitro groups is 1. The minimum absolute atomic E-state index is 0.121. The summed E-state index contributed by atoms with van der Waals surface area (Å²) in [6, 6.07) is 3.35. The van der Waals surface area contributed by atoms with Crippen LogP contribution >= 0.6 is 0 Å². The maximum absolute atomic E-state index is 14.3. The molecular weight excluding hydrogens is 333 g/mol. The van der Waals surface area contributed by atoms with E-state index in [4.69, 9.17) is 15.2 Å². The Kier molecular flexibility index (Phi) is 4.96. The molecule has 0 unspecified atom stereocenters. The molecular formula is C16H20FN3O5. The van der Waals surface area contributed by atoms with Gasteiger partial charge in [-0.3, -0.25) is 10.1 Å². The van der Waals surface area contributed by atoms with Gasteiger partial charge < -0.3 is 15.2 Å². The van der Waals surface area contributed by atoms with Crippen LogP contribution in [0.2, 0.25) is 0 Å². The highest BCUT2D eigenvalue weighted by atomic mass is 19.1.